The van der Waals surface area contributed by atoms with Crippen LogP contribution in [0.5, 0.6) is 0 Å². The van der Waals surface area contributed by atoms with Gasteiger partial charge in [0, 0.05) is 0 Å². The van der Waals surface area contributed by atoms with E-state index in [2.05, 4.69) is 4.74 Å². The van der Waals surface area contributed by atoms with E-state index in [4.69, 9.17) is 5.11 Å². The zero-order valence-corrected chi connectivity index (χ0v) is 14.1. The predicted octanol–water partition coefficient (Wildman–Crippen LogP) is 4.25. The highest BCUT2D eigenvalue weighted by Gasteiger charge is 2.75. The normalized spacial score (nSPS) is 34.8. The average molecular weight is 416 g/mol. The topological polar surface area (TPSA) is 46.5 Å². The van der Waals surface area contributed by atoms with Gasteiger partial charge in [0.25, 0.3) is 5.60 Å². The van der Waals surface area contributed by atoms with Crippen molar-refractivity contribution in [3.63, 3.8) is 0 Å². The molecule has 0 amide bonds. The number of carbonyl (C=O) groups excluding carboxylic acids is 1. The standard InChI is InChI=1S/C15H17F9O3/c1-6-7(2)9-3-8(6)4-11(9,13(16,17)18)10(25)27-5-12(26,14(19,20)21)15(22,23)24/h6-9,26H,3-5H2,1-2H3. The van der Waals surface area contributed by atoms with Crippen LogP contribution in [0.15, 0.2) is 0 Å². The van der Waals surface area contributed by atoms with Crippen LogP contribution in [0.4, 0.5) is 39.5 Å². The van der Waals surface area contributed by atoms with Crippen LogP contribution in [-0.2, 0) is 9.53 Å². The number of hydrogen-bond acceptors (Lipinski definition) is 3. The molecule has 0 aromatic rings. The van der Waals surface area contributed by atoms with Crippen LogP contribution in [0, 0.1) is 29.1 Å². The monoisotopic (exact) mass is 416 g/mol. The predicted molar refractivity (Wildman–Crippen MR) is 71.0 cm³/mol. The Bertz CT molecular complexity index is 579. The van der Waals surface area contributed by atoms with E-state index < -0.39 is 66.3 Å². The van der Waals surface area contributed by atoms with Gasteiger partial charge in [-0.25, -0.2) is 0 Å². The van der Waals surface area contributed by atoms with Gasteiger partial charge in [-0.2, -0.15) is 39.5 Å². The van der Waals surface area contributed by atoms with Gasteiger partial charge in [-0.05, 0) is 36.5 Å². The molecule has 0 spiro atoms. The highest BCUT2D eigenvalue weighted by atomic mass is 19.4. The molecule has 2 aliphatic rings. The fourth-order valence-electron chi connectivity index (χ4n) is 4.33. The zero-order chi connectivity index (χ0) is 21.2. The van der Waals surface area contributed by atoms with Crippen LogP contribution in [0.1, 0.15) is 26.7 Å². The van der Waals surface area contributed by atoms with Crippen molar-refractivity contribution in [3.05, 3.63) is 0 Å². The van der Waals surface area contributed by atoms with Gasteiger partial charge in [-0.3, -0.25) is 4.79 Å². The minimum Gasteiger partial charge on any atom is -0.461 e. The first-order chi connectivity index (χ1) is 11.9. The Morgan fingerprint density at radius 1 is 1.00 bits per heavy atom. The van der Waals surface area contributed by atoms with Crippen LogP contribution in [0.3, 0.4) is 0 Å². The maximum absolute atomic E-state index is 13.7. The third kappa shape index (κ3) is 3.07. The lowest BCUT2D eigenvalue weighted by molar-refractivity contribution is -0.376. The molecular weight excluding hydrogens is 399 g/mol. The van der Waals surface area contributed by atoms with Gasteiger partial charge in [0.15, 0.2) is 5.41 Å². The van der Waals surface area contributed by atoms with Gasteiger partial charge in [-0.1, -0.05) is 13.8 Å². The van der Waals surface area contributed by atoms with Gasteiger partial charge in [0.05, 0.1) is 0 Å². The van der Waals surface area contributed by atoms with E-state index in [9.17, 15) is 44.3 Å². The first kappa shape index (κ1) is 22.1. The van der Waals surface area contributed by atoms with Crippen molar-refractivity contribution in [1.29, 1.82) is 0 Å². The minimum atomic E-state index is -6.30. The van der Waals surface area contributed by atoms with Crippen LogP contribution >= 0.6 is 0 Å². The van der Waals surface area contributed by atoms with Crippen LogP contribution in [-0.4, -0.2) is 41.8 Å². The lowest BCUT2D eigenvalue weighted by Crippen LogP contribution is -2.61. The maximum atomic E-state index is 13.7. The van der Waals surface area contributed by atoms with Crippen molar-refractivity contribution in [1.82, 2.24) is 0 Å². The summed E-state index contributed by atoms with van der Waals surface area (Å²) in [6.07, 6.45) is -18.6. The minimum absolute atomic E-state index is 0.0280. The molecule has 2 rings (SSSR count). The summed E-state index contributed by atoms with van der Waals surface area (Å²) >= 11 is 0. The van der Waals surface area contributed by atoms with Crippen LogP contribution in [0.25, 0.3) is 0 Å². The van der Waals surface area contributed by atoms with Gasteiger partial charge < -0.3 is 9.84 Å². The maximum Gasteiger partial charge on any atom is 0.429 e. The highest BCUT2D eigenvalue weighted by molar-refractivity contribution is 5.79. The Labute approximate surface area is 147 Å². The highest BCUT2D eigenvalue weighted by Crippen LogP contribution is 2.66. The van der Waals surface area contributed by atoms with Crippen molar-refractivity contribution in [2.45, 2.75) is 50.8 Å². The Morgan fingerprint density at radius 2 is 1.48 bits per heavy atom. The Morgan fingerprint density at radius 3 is 1.81 bits per heavy atom. The quantitative estimate of drug-likeness (QED) is 0.553. The summed E-state index contributed by atoms with van der Waals surface area (Å²) in [7, 11) is 0. The van der Waals surface area contributed by atoms with Crippen molar-refractivity contribution >= 4 is 5.97 Å². The van der Waals surface area contributed by atoms with E-state index in [1.165, 1.54) is 6.92 Å². The first-order valence-corrected chi connectivity index (χ1v) is 8.00. The molecule has 0 aromatic heterocycles. The number of aliphatic hydroxyl groups is 1. The van der Waals surface area contributed by atoms with Crippen LogP contribution < -0.4 is 0 Å². The third-order valence-corrected chi connectivity index (χ3v) is 6.20. The summed E-state index contributed by atoms with van der Waals surface area (Å²) in [5.74, 6) is -4.88. The third-order valence-electron chi connectivity index (χ3n) is 6.20. The molecule has 3 nitrogen and oxygen atoms in total. The van der Waals surface area contributed by atoms with E-state index in [-0.39, 0.29) is 12.3 Å². The lowest BCUT2D eigenvalue weighted by atomic mass is 9.65. The summed E-state index contributed by atoms with van der Waals surface area (Å²) < 4.78 is 121. The molecule has 0 aromatic carbocycles. The van der Waals surface area contributed by atoms with E-state index in [1.54, 1.807) is 6.92 Å². The number of halogens is 9. The largest absolute Gasteiger partial charge is 0.461 e. The average Bonchev–Trinajstić information content (AvgIpc) is 3.00. The number of ether oxygens (including phenoxy) is 1. The van der Waals surface area contributed by atoms with E-state index >= 15 is 0 Å². The summed E-state index contributed by atoms with van der Waals surface area (Å²) in [6, 6.07) is 0. The molecule has 158 valence electrons. The first-order valence-electron chi connectivity index (χ1n) is 8.00. The summed E-state index contributed by atoms with van der Waals surface area (Å²) in [4.78, 5) is 12.2. The molecule has 0 radical (unpaired) electrons. The van der Waals surface area contributed by atoms with Crippen molar-refractivity contribution < 1.29 is 54.2 Å². The van der Waals surface area contributed by atoms with E-state index in [1.807, 2.05) is 0 Å². The van der Waals surface area contributed by atoms with Gasteiger partial charge in [0.2, 0.25) is 0 Å². The lowest BCUT2D eigenvalue weighted by Gasteiger charge is -2.42. The molecule has 2 saturated carbocycles. The molecule has 27 heavy (non-hydrogen) atoms. The summed E-state index contributed by atoms with van der Waals surface area (Å²) in [5.41, 5.74) is -8.64. The van der Waals surface area contributed by atoms with Gasteiger partial charge >= 0.3 is 24.5 Å². The van der Waals surface area contributed by atoms with Crippen molar-refractivity contribution in [2.75, 3.05) is 6.61 Å². The Hall–Kier alpha value is -1.20. The fraction of sp³-hybridized carbons (Fsp3) is 0.933. The van der Waals surface area contributed by atoms with Crippen LogP contribution in [0.2, 0.25) is 0 Å². The molecular formula is C15H17F9O3. The molecule has 12 heteroatoms. The second-order valence-electron chi connectivity index (χ2n) is 7.43. The molecule has 2 aliphatic carbocycles. The number of alkyl halides is 9. The number of esters is 1. The Kier molecular flexibility index (Phi) is 5.03. The van der Waals surface area contributed by atoms with Crippen molar-refractivity contribution in [3.8, 4) is 0 Å². The SMILES string of the molecule is CC1C2CC(C1C)C(C(=O)OCC(O)(C(F)(F)F)C(F)(F)F)(C(F)(F)F)C2. The molecule has 5 unspecified atom stereocenters. The number of hydrogen-bond donors (Lipinski definition) is 1. The molecule has 1 N–H and O–H groups in total. The number of rotatable bonds is 3. The molecule has 0 aliphatic heterocycles. The molecule has 5 atom stereocenters. The van der Waals surface area contributed by atoms with E-state index in [0.717, 1.165) is 0 Å². The van der Waals surface area contributed by atoms with Gasteiger partial charge in [-0.15, -0.1) is 0 Å². The van der Waals surface area contributed by atoms with E-state index in [0.29, 0.717) is 0 Å². The smallest absolute Gasteiger partial charge is 0.429 e. The number of fused-ring (bicyclic) bond motifs is 2. The fourth-order valence-corrected chi connectivity index (χ4v) is 4.33. The second-order valence-corrected chi connectivity index (χ2v) is 7.43. The molecule has 2 fully saturated rings. The molecule has 0 heterocycles. The van der Waals surface area contributed by atoms with Gasteiger partial charge in [0.1, 0.15) is 6.61 Å². The molecule has 2 bridgehead atoms. The van der Waals surface area contributed by atoms with Crippen molar-refractivity contribution in [2.24, 2.45) is 29.1 Å². The summed E-state index contributed by atoms with van der Waals surface area (Å²) in [5, 5.41) is 8.98. The zero-order valence-electron chi connectivity index (χ0n) is 14.1. The molecule has 0 saturated heterocycles. The summed E-state index contributed by atoms with van der Waals surface area (Å²) in [6.45, 7) is 0.426. The Balaban J connectivity index is 2.32. The second kappa shape index (κ2) is 6.15. The number of carbonyl (C=O) groups is 1.